The van der Waals surface area contributed by atoms with Crippen LogP contribution in [0.1, 0.15) is 6.92 Å². The number of nitriles is 1. The van der Waals surface area contributed by atoms with E-state index in [1.54, 1.807) is 20.1 Å². The molecule has 0 aliphatic heterocycles. The van der Waals surface area contributed by atoms with E-state index < -0.39 is 0 Å². The Morgan fingerprint density at radius 2 is 2.38 bits per heavy atom. The Bertz CT molecular complexity index is 112. The molecule has 0 N–H and O–H groups in total. The molecule has 0 saturated carbocycles. The molecule has 0 fully saturated rings. The summed E-state index contributed by atoms with van der Waals surface area (Å²) in [5.41, 5.74) is 0. The van der Waals surface area contributed by atoms with Crippen LogP contribution in [0.25, 0.3) is 0 Å². The van der Waals surface area contributed by atoms with Gasteiger partial charge < -0.3 is 4.74 Å². The predicted octanol–water partition coefficient (Wildman–Crippen LogP) is 1.31. The summed E-state index contributed by atoms with van der Waals surface area (Å²) in [6, 6.07) is 2.03. The third kappa shape index (κ3) is 3.23. The fourth-order valence-corrected chi connectivity index (χ4v) is 0.239. The van der Waals surface area contributed by atoms with Crippen molar-refractivity contribution < 1.29 is 4.74 Å². The molecule has 0 aromatic heterocycles. The van der Waals surface area contributed by atoms with Gasteiger partial charge in [0, 0.05) is 0 Å². The summed E-state index contributed by atoms with van der Waals surface area (Å²) in [7, 11) is 1.56. The molecule has 0 aromatic rings. The molecule has 0 saturated heterocycles. The lowest BCUT2D eigenvalue weighted by atomic mass is 10.2. The number of hydrogen-bond acceptors (Lipinski definition) is 2. The van der Waals surface area contributed by atoms with Crippen molar-refractivity contribution in [1.29, 1.82) is 5.26 Å². The third-order valence-electron chi connectivity index (χ3n) is 0.707. The minimum absolute atomic E-state index is 0.0463. The molecule has 0 radical (unpaired) electrons. The predicted molar refractivity (Wildman–Crippen MR) is 30.9 cm³/mol. The average molecular weight is 111 g/mol. The molecule has 0 aliphatic rings. The molecule has 0 bridgehead atoms. The molecule has 1 unspecified atom stereocenters. The highest BCUT2D eigenvalue weighted by atomic mass is 16.5. The van der Waals surface area contributed by atoms with E-state index in [-0.39, 0.29) is 5.92 Å². The van der Waals surface area contributed by atoms with Crippen LogP contribution in [0.4, 0.5) is 0 Å². The first-order valence-corrected chi connectivity index (χ1v) is 2.40. The van der Waals surface area contributed by atoms with E-state index in [0.29, 0.717) is 0 Å². The lowest BCUT2D eigenvalue weighted by molar-refractivity contribution is 0.335. The van der Waals surface area contributed by atoms with Gasteiger partial charge in [0.05, 0.1) is 25.4 Å². The van der Waals surface area contributed by atoms with Crippen molar-refractivity contribution >= 4 is 0 Å². The molecule has 0 aromatic carbocycles. The normalized spacial score (nSPS) is 13.1. The fourth-order valence-electron chi connectivity index (χ4n) is 0.239. The van der Waals surface area contributed by atoms with E-state index in [0.717, 1.165) is 0 Å². The van der Waals surface area contributed by atoms with Gasteiger partial charge >= 0.3 is 0 Å². The third-order valence-corrected chi connectivity index (χ3v) is 0.707. The Morgan fingerprint density at radius 3 is 2.75 bits per heavy atom. The van der Waals surface area contributed by atoms with Crippen LogP contribution in [-0.4, -0.2) is 7.11 Å². The second-order valence-corrected chi connectivity index (χ2v) is 1.48. The summed E-state index contributed by atoms with van der Waals surface area (Å²) < 4.78 is 4.58. The van der Waals surface area contributed by atoms with E-state index in [2.05, 4.69) is 4.74 Å². The number of rotatable bonds is 2. The zero-order valence-corrected chi connectivity index (χ0v) is 5.09. The number of hydrogen-bond donors (Lipinski definition) is 0. The summed E-state index contributed by atoms with van der Waals surface area (Å²) >= 11 is 0. The zero-order chi connectivity index (χ0) is 6.41. The molecule has 0 amide bonds. The lowest BCUT2D eigenvalue weighted by Crippen LogP contribution is -1.80. The number of nitrogens with zero attached hydrogens (tertiary/aromatic N) is 1. The summed E-state index contributed by atoms with van der Waals surface area (Å²) in [4.78, 5) is 0. The van der Waals surface area contributed by atoms with E-state index >= 15 is 0 Å². The summed E-state index contributed by atoms with van der Waals surface area (Å²) in [5, 5.41) is 8.20. The molecule has 0 aliphatic carbocycles. The van der Waals surface area contributed by atoms with E-state index in [1.807, 2.05) is 6.07 Å². The molecule has 2 heteroatoms. The molecule has 2 nitrogen and oxygen atoms in total. The van der Waals surface area contributed by atoms with Gasteiger partial charge in [0.1, 0.15) is 0 Å². The second kappa shape index (κ2) is 4.20. The summed E-state index contributed by atoms with van der Waals surface area (Å²) in [6.45, 7) is 1.80. The van der Waals surface area contributed by atoms with Crippen molar-refractivity contribution in [1.82, 2.24) is 0 Å². The largest absolute Gasteiger partial charge is 0.505 e. The quantitative estimate of drug-likeness (QED) is 0.503. The van der Waals surface area contributed by atoms with Gasteiger partial charge in [0.15, 0.2) is 0 Å². The van der Waals surface area contributed by atoms with Crippen LogP contribution in [0.5, 0.6) is 0 Å². The van der Waals surface area contributed by atoms with Crippen molar-refractivity contribution in [2.45, 2.75) is 6.92 Å². The molecule has 8 heavy (non-hydrogen) atoms. The summed E-state index contributed by atoms with van der Waals surface area (Å²) in [5.74, 6) is -0.0463. The topological polar surface area (TPSA) is 33.0 Å². The average Bonchev–Trinajstić information content (AvgIpc) is 1.83. The highest BCUT2D eigenvalue weighted by molar-refractivity contribution is 4.94. The van der Waals surface area contributed by atoms with Gasteiger partial charge in [-0.05, 0) is 13.0 Å². The van der Waals surface area contributed by atoms with Gasteiger partial charge in [-0.2, -0.15) is 5.26 Å². The van der Waals surface area contributed by atoms with Crippen LogP contribution in [0, 0.1) is 17.2 Å². The Morgan fingerprint density at radius 1 is 1.75 bits per heavy atom. The van der Waals surface area contributed by atoms with E-state index in [4.69, 9.17) is 5.26 Å². The van der Waals surface area contributed by atoms with Crippen LogP contribution >= 0.6 is 0 Å². The van der Waals surface area contributed by atoms with Gasteiger partial charge in [0.25, 0.3) is 0 Å². The summed E-state index contributed by atoms with van der Waals surface area (Å²) in [6.07, 6.45) is 3.20. The Balaban J connectivity index is 3.40. The molecule has 1 atom stereocenters. The maximum Gasteiger partial charge on any atom is 0.0797 e. The smallest absolute Gasteiger partial charge is 0.0797 e. The Kier molecular flexibility index (Phi) is 3.69. The number of methoxy groups -OCH3 is 1. The highest BCUT2D eigenvalue weighted by Gasteiger charge is 1.87. The monoisotopic (exact) mass is 111 g/mol. The maximum absolute atomic E-state index is 8.20. The molecule has 0 rings (SSSR count). The molecular weight excluding hydrogens is 102 g/mol. The van der Waals surface area contributed by atoms with Crippen molar-refractivity contribution in [2.24, 2.45) is 5.92 Å². The standard InChI is InChI=1S/C6H9NO/c1-6(5-7)3-4-8-2/h3-4,6H,1-2H3. The first-order valence-electron chi connectivity index (χ1n) is 2.40. The van der Waals surface area contributed by atoms with Crippen LogP contribution in [-0.2, 0) is 4.74 Å². The Hall–Kier alpha value is -0.970. The first kappa shape index (κ1) is 7.03. The molecule has 44 valence electrons. The van der Waals surface area contributed by atoms with Gasteiger partial charge in [-0.25, -0.2) is 0 Å². The second-order valence-electron chi connectivity index (χ2n) is 1.48. The number of ether oxygens (including phenoxy) is 1. The fraction of sp³-hybridized carbons (Fsp3) is 0.500. The maximum atomic E-state index is 8.20. The van der Waals surface area contributed by atoms with Crippen LogP contribution < -0.4 is 0 Å². The van der Waals surface area contributed by atoms with E-state index in [9.17, 15) is 0 Å². The zero-order valence-electron chi connectivity index (χ0n) is 5.09. The molecule has 0 heterocycles. The Labute approximate surface area is 49.4 Å². The first-order chi connectivity index (χ1) is 3.81. The lowest BCUT2D eigenvalue weighted by Gasteiger charge is -1.88. The van der Waals surface area contributed by atoms with Gasteiger partial charge in [-0.15, -0.1) is 0 Å². The minimum Gasteiger partial charge on any atom is -0.505 e. The SMILES string of the molecule is COC=CC(C)C#N. The van der Waals surface area contributed by atoms with E-state index in [1.165, 1.54) is 6.26 Å². The van der Waals surface area contributed by atoms with Crippen LogP contribution in [0.2, 0.25) is 0 Å². The van der Waals surface area contributed by atoms with Crippen molar-refractivity contribution in [3.05, 3.63) is 12.3 Å². The van der Waals surface area contributed by atoms with Crippen molar-refractivity contribution in [3.63, 3.8) is 0 Å². The van der Waals surface area contributed by atoms with Crippen LogP contribution in [0.3, 0.4) is 0 Å². The van der Waals surface area contributed by atoms with Gasteiger partial charge in [-0.1, -0.05) is 0 Å². The van der Waals surface area contributed by atoms with Crippen molar-refractivity contribution in [2.75, 3.05) is 7.11 Å². The van der Waals surface area contributed by atoms with Crippen LogP contribution in [0.15, 0.2) is 12.3 Å². The van der Waals surface area contributed by atoms with Gasteiger partial charge in [0.2, 0.25) is 0 Å². The molecule has 0 spiro atoms. The van der Waals surface area contributed by atoms with Gasteiger partial charge in [-0.3, -0.25) is 0 Å². The minimum atomic E-state index is -0.0463. The highest BCUT2D eigenvalue weighted by Crippen LogP contribution is 1.92. The molecular formula is C6H9NO. The van der Waals surface area contributed by atoms with Crippen molar-refractivity contribution in [3.8, 4) is 6.07 Å². The number of allylic oxidation sites excluding steroid dienone is 1.